The van der Waals surface area contributed by atoms with Gasteiger partial charge in [0.1, 0.15) is 0 Å². The van der Waals surface area contributed by atoms with Crippen LogP contribution in [0.1, 0.15) is 25.0 Å². The topological polar surface area (TPSA) is 0 Å². The first-order valence-electron chi connectivity index (χ1n) is 11.0. The van der Waals surface area contributed by atoms with Gasteiger partial charge in [0.05, 0.1) is 0 Å². The summed E-state index contributed by atoms with van der Waals surface area (Å²) in [6.45, 7) is 4.79. The number of fused-ring (bicyclic) bond motifs is 9. The van der Waals surface area contributed by atoms with Crippen LogP contribution in [0.25, 0.3) is 54.2 Å². The first kappa shape index (κ1) is 17.1. The molecular formula is C31H22. The summed E-state index contributed by atoms with van der Waals surface area (Å²) in [5.74, 6) is 0. The minimum atomic E-state index is -0.0475. The molecule has 0 fully saturated rings. The summed E-state index contributed by atoms with van der Waals surface area (Å²) in [6.07, 6.45) is 0. The molecule has 1 aliphatic rings. The Morgan fingerprint density at radius 1 is 0.484 bits per heavy atom. The Morgan fingerprint density at radius 2 is 1.10 bits per heavy atom. The molecule has 0 atom stereocenters. The van der Waals surface area contributed by atoms with Crippen LogP contribution in [0.2, 0.25) is 0 Å². The second kappa shape index (κ2) is 5.74. The predicted molar refractivity (Wildman–Crippen MR) is 134 cm³/mol. The summed E-state index contributed by atoms with van der Waals surface area (Å²) in [5, 5.41) is 10.7. The van der Waals surface area contributed by atoms with Crippen LogP contribution in [0.3, 0.4) is 0 Å². The number of rotatable bonds is 0. The largest absolute Gasteiger partial charge is 0.0616 e. The van der Waals surface area contributed by atoms with Crippen molar-refractivity contribution in [2.45, 2.75) is 19.3 Å². The monoisotopic (exact) mass is 394 g/mol. The first-order chi connectivity index (χ1) is 15.1. The van der Waals surface area contributed by atoms with Crippen molar-refractivity contribution in [1.82, 2.24) is 0 Å². The molecule has 0 N–H and O–H groups in total. The summed E-state index contributed by atoms with van der Waals surface area (Å²) in [5.41, 5.74) is 5.63. The number of hydrogen-bond donors (Lipinski definition) is 0. The lowest BCUT2D eigenvalue weighted by Crippen LogP contribution is -2.15. The molecule has 0 bridgehead atoms. The van der Waals surface area contributed by atoms with Crippen molar-refractivity contribution in [3.63, 3.8) is 0 Å². The molecule has 0 unspecified atom stereocenters. The SMILES string of the molecule is CC1(C)c2cc3cc4ccccc4cc3cc2-c2ccc3ccc4ccccc4c3c21. The van der Waals surface area contributed by atoms with E-state index in [0.717, 1.165) is 0 Å². The minimum absolute atomic E-state index is 0.0475. The quantitative estimate of drug-likeness (QED) is 0.179. The smallest absolute Gasteiger partial charge is 0.0165 e. The zero-order chi connectivity index (χ0) is 20.7. The Labute approximate surface area is 181 Å². The van der Waals surface area contributed by atoms with Crippen molar-refractivity contribution in [2.75, 3.05) is 0 Å². The van der Waals surface area contributed by atoms with E-state index in [2.05, 4.69) is 111 Å². The molecule has 0 radical (unpaired) electrons. The molecular weight excluding hydrogens is 372 g/mol. The van der Waals surface area contributed by atoms with E-state index in [1.165, 1.54) is 65.3 Å². The Morgan fingerprint density at radius 3 is 1.87 bits per heavy atom. The Bertz CT molecular complexity index is 1700. The standard InChI is InChI=1S/C31H22/c1-31(2)28-18-24-16-22-9-4-3-8-21(22)15-23(24)17-27(28)26-14-13-20-12-11-19-7-5-6-10-25(19)29(20)30(26)31/h3-18H,1-2H3. The molecule has 1 aliphatic carbocycles. The average Bonchev–Trinajstić information content (AvgIpc) is 3.02. The van der Waals surface area contributed by atoms with E-state index < -0.39 is 0 Å². The molecule has 31 heavy (non-hydrogen) atoms. The van der Waals surface area contributed by atoms with Gasteiger partial charge in [0.2, 0.25) is 0 Å². The summed E-state index contributed by atoms with van der Waals surface area (Å²) in [7, 11) is 0. The summed E-state index contributed by atoms with van der Waals surface area (Å²) in [6, 6.07) is 36.2. The van der Waals surface area contributed by atoms with Crippen LogP contribution in [0.5, 0.6) is 0 Å². The first-order valence-corrected chi connectivity index (χ1v) is 11.0. The van der Waals surface area contributed by atoms with Gasteiger partial charge in [-0.25, -0.2) is 0 Å². The van der Waals surface area contributed by atoms with Crippen LogP contribution >= 0.6 is 0 Å². The van der Waals surface area contributed by atoms with Gasteiger partial charge in [-0.05, 0) is 89.6 Å². The van der Waals surface area contributed by atoms with Gasteiger partial charge in [0.15, 0.2) is 0 Å². The van der Waals surface area contributed by atoms with Gasteiger partial charge in [-0.3, -0.25) is 0 Å². The van der Waals surface area contributed by atoms with Crippen LogP contribution in [0, 0.1) is 0 Å². The van der Waals surface area contributed by atoms with Crippen molar-refractivity contribution in [3.05, 3.63) is 108 Å². The van der Waals surface area contributed by atoms with E-state index in [0.29, 0.717) is 0 Å². The van der Waals surface area contributed by atoms with Crippen molar-refractivity contribution < 1.29 is 0 Å². The van der Waals surface area contributed by atoms with Crippen LogP contribution in [0.4, 0.5) is 0 Å². The lowest BCUT2D eigenvalue weighted by atomic mass is 9.79. The van der Waals surface area contributed by atoms with Crippen molar-refractivity contribution >= 4 is 43.1 Å². The van der Waals surface area contributed by atoms with E-state index in [1.54, 1.807) is 0 Å². The maximum absolute atomic E-state index is 2.44. The van der Waals surface area contributed by atoms with Gasteiger partial charge in [-0.2, -0.15) is 0 Å². The van der Waals surface area contributed by atoms with E-state index >= 15 is 0 Å². The maximum Gasteiger partial charge on any atom is 0.0165 e. The molecule has 146 valence electrons. The van der Waals surface area contributed by atoms with E-state index in [-0.39, 0.29) is 5.41 Å². The molecule has 0 heterocycles. The highest BCUT2D eigenvalue weighted by atomic mass is 14.4. The van der Waals surface area contributed by atoms with Gasteiger partial charge >= 0.3 is 0 Å². The number of hydrogen-bond acceptors (Lipinski definition) is 0. The fourth-order valence-electron chi connectivity index (χ4n) is 5.84. The molecule has 0 saturated heterocycles. The lowest BCUT2D eigenvalue weighted by molar-refractivity contribution is 0.667. The van der Waals surface area contributed by atoms with E-state index in [1.807, 2.05) is 0 Å². The summed E-state index contributed by atoms with van der Waals surface area (Å²) < 4.78 is 0. The minimum Gasteiger partial charge on any atom is -0.0616 e. The molecule has 7 rings (SSSR count). The van der Waals surface area contributed by atoms with Crippen molar-refractivity contribution in [2.24, 2.45) is 0 Å². The van der Waals surface area contributed by atoms with E-state index in [4.69, 9.17) is 0 Å². The van der Waals surface area contributed by atoms with Gasteiger partial charge in [-0.1, -0.05) is 86.6 Å². The fraction of sp³-hybridized carbons (Fsp3) is 0.0968. The van der Waals surface area contributed by atoms with Gasteiger partial charge in [-0.15, -0.1) is 0 Å². The Balaban J connectivity index is 1.63. The number of benzene rings is 6. The van der Waals surface area contributed by atoms with Gasteiger partial charge in [0, 0.05) is 5.41 Å². The molecule has 0 aliphatic heterocycles. The molecule has 0 aromatic heterocycles. The van der Waals surface area contributed by atoms with Crippen molar-refractivity contribution in [1.29, 1.82) is 0 Å². The molecule has 0 saturated carbocycles. The third kappa shape index (κ3) is 2.20. The maximum atomic E-state index is 2.44. The zero-order valence-corrected chi connectivity index (χ0v) is 17.7. The van der Waals surface area contributed by atoms with Crippen LogP contribution in [-0.4, -0.2) is 0 Å². The third-order valence-corrected chi connectivity index (χ3v) is 7.34. The Kier molecular flexibility index (Phi) is 3.16. The third-order valence-electron chi connectivity index (χ3n) is 7.34. The summed E-state index contributed by atoms with van der Waals surface area (Å²) >= 11 is 0. The zero-order valence-electron chi connectivity index (χ0n) is 17.7. The second-order valence-electron chi connectivity index (χ2n) is 9.44. The molecule has 0 heteroatoms. The summed E-state index contributed by atoms with van der Waals surface area (Å²) in [4.78, 5) is 0. The van der Waals surface area contributed by atoms with Crippen LogP contribution in [-0.2, 0) is 5.41 Å². The fourth-order valence-corrected chi connectivity index (χ4v) is 5.84. The van der Waals surface area contributed by atoms with Crippen LogP contribution < -0.4 is 0 Å². The Hall–Kier alpha value is -3.64. The highest BCUT2D eigenvalue weighted by molar-refractivity contribution is 6.13. The highest BCUT2D eigenvalue weighted by Gasteiger charge is 2.37. The van der Waals surface area contributed by atoms with Crippen LogP contribution in [0.15, 0.2) is 97.1 Å². The predicted octanol–water partition coefficient (Wildman–Crippen LogP) is 8.61. The average molecular weight is 395 g/mol. The highest BCUT2D eigenvalue weighted by Crippen LogP contribution is 2.53. The second-order valence-corrected chi connectivity index (χ2v) is 9.44. The van der Waals surface area contributed by atoms with Gasteiger partial charge < -0.3 is 0 Å². The normalized spacial score (nSPS) is 14.4. The molecule has 0 spiro atoms. The molecule has 0 amide bonds. The van der Waals surface area contributed by atoms with E-state index in [9.17, 15) is 0 Å². The van der Waals surface area contributed by atoms with Gasteiger partial charge in [0.25, 0.3) is 0 Å². The molecule has 6 aromatic rings. The molecule has 0 nitrogen and oxygen atoms in total. The molecule has 6 aromatic carbocycles. The van der Waals surface area contributed by atoms with Crippen molar-refractivity contribution in [3.8, 4) is 11.1 Å². The lowest BCUT2D eigenvalue weighted by Gasteiger charge is -2.24.